The summed E-state index contributed by atoms with van der Waals surface area (Å²) in [6.45, 7) is 2.31. The Balaban J connectivity index is 1.70. The van der Waals surface area contributed by atoms with Gasteiger partial charge < -0.3 is 5.11 Å². The molecule has 2 saturated carbocycles. The van der Waals surface area contributed by atoms with Crippen molar-refractivity contribution in [1.29, 1.82) is 0 Å². The average Bonchev–Trinajstić information content (AvgIpc) is 2.82. The molecule has 2 fully saturated rings. The smallest absolute Gasteiger partial charge is 0.108 e. The van der Waals surface area contributed by atoms with E-state index in [1.807, 2.05) is 12.1 Å². The number of aliphatic hydroxyl groups is 1. The molecule has 112 valence electrons. The summed E-state index contributed by atoms with van der Waals surface area (Å²) in [5.41, 5.74) is 3.48. The Kier molecular flexibility index (Phi) is 2.97. The summed E-state index contributed by atoms with van der Waals surface area (Å²) < 4.78 is 0. The fraction of sp³-hybridized carbons (Fsp3) is 0.667. The van der Waals surface area contributed by atoms with Crippen LogP contribution >= 0.6 is 0 Å². The van der Waals surface area contributed by atoms with E-state index in [0.717, 1.165) is 19.3 Å². The maximum Gasteiger partial charge on any atom is 0.108 e. The van der Waals surface area contributed by atoms with Crippen LogP contribution in [0.2, 0.25) is 0 Å². The monoisotopic (exact) mass is 285 g/mol. The molecule has 0 radical (unpaired) electrons. The zero-order chi connectivity index (χ0) is 14.6. The number of nitroso groups, excluding NO2 is 1. The van der Waals surface area contributed by atoms with Crippen molar-refractivity contribution in [2.24, 2.45) is 22.4 Å². The maximum atomic E-state index is 10.7. The first-order chi connectivity index (χ1) is 10.1. The van der Waals surface area contributed by atoms with Gasteiger partial charge in [0.25, 0.3) is 0 Å². The van der Waals surface area contributed by atoms with Gasteiger partial charge in [0, 0.05) is 0 Å². The van der Waals surface area contributed by atoms with Crippen LogP contribution in [0.15, 0.2) is 23.4 Å². The molecule has 0 spiro atoms. The summed E-state index contributed by atoms with van der Waals surface area (Å²) in [5, 5.41) is 13.5. The van der Waals surface area contributed by atoms with Gasteiger partial charge in [-0.2, -0.15) is 0 Å². The van der Waals surface area contributed by atoms with Crippen LogP contribution in [0.4, 0.5) is 5.69 Å². The van der Waals surface area contributed by atoms with E-state index in [-0.39, 0.29) is 11.5 Å². The summed E-state index contributed by atoms with van der Waals surface area (Å²) in [6, 6.07) is 5.98. The lowest BCUT2D eigenvalue weighted by Gasteiger charge is -2.50. The lowest BCUT2D eigenvalue weighted by Crippen LogP contribution is -2.43. The minimum absolute atomic E-state index is 0.105. The van der Waals surface area contributed by atoms with Gasteiger partial charge >= 0.3 is 0 Å². The highest BCUT2D eigenvalue weighted by Crippen LogP contribution is 2.60. The fourth-order valence-corrected chi connectivity index (χ4v) is 5.60. The third kappa shape index (κ3) is 1.83. The molecule has 21 heavy (non-hydrogen) atoms. The van der Waals surface area contributed by atoms with E-state index in [1.54, 1.807) is 0 Å². The van der Waals surface area contributed by atoms with E-state index in [2.05, 4.69) is 18.2 Å². The summed E-state index contributed by atoms with van der Waals surface area (Å²) in [4.78, 5) is 10.7. The van der Waals surface area contributed by atoms with Gasteiger partial charge in [0.2, 0.25) is 0 Å². The number of aliphatic hydroxyl groups excluding tert-OH is 1. The zero-order valence-electron chi connectivity index (χ0n) is 12.6. The second-order valence-electron chi connectivity index (χ2n) is 7.53. The number of benzene rings is 1. The number of aryl methyl sites for hydroxylation is 1. The summed E-state index contributed by atoms with van der Waals surface area (Å²) in [7, 11) is 0. The van der Waals surface area contributed by atoms with E-state index in [0.29, 0.717) is 23.4 Å². The average molecular weight is 285 g/mol. The molecule has 4 rings (SSSR count). The molecule has 1 aromatic carbocycles. The minimum Gasteiger partial charge on any atom is -0.393 e. The number of nitrogens with zero attached hydrogens (tertiary/aromatic N) is 1. The lowest BCUT2D eigenvalue weighted by atomic mass is 9.55. The molecule has 0 amide bonds. The molecule has 0 bridgehead atoms. The molecule has 1 aromatic rings. The highest BCUT2D eigenvalue weighted by molar-refractivity contribution is 5.47. The number of rotatable bonds is 1. The molecule has 3 aliphatic carbocycles. The van der Waals surface area contributed by atoms with Crippen LogP contribution in [0.25, 0.3) is 0 Å². The number of fused-ring (bicyclic) bond motifs is 5. The Labute approximate surface area is 125 Å². The second kappa shape index (κ2) is 4.64. The molecule has 0 aliphatic heterocycles. The van der Waals surface area contributed by atoms with Crippen LogP contribution in [0.1, 0.15) is 56.1 Å². The van der Waals surface area contributed by atoms with Crippen LogP contribution in [-0.2, 0) is 6.42 Å². The lowest BCUT2D eigenvalue weighted by molar-refractivity contribution is -0.0226. The SMILES string of the molecule is CC12CC[C@@H]3c4ccc(N=O)cc4CCC3C1CCC2O. The van der Waals surface area contributed by atoms with E-state index in [4.69, 9.17) is 0 Å². The molecule has 3 heteroatoms. The van der Waals surface area contributed by atoms with E-state index in [9.17, 15) is 10.0 Å². The molecule has 0 saturated heterocycles. The van der Waals surface area contributed by atoms with Crippen molar-refractivity contribution in [2.75, 3.05) is 0 Å². The molecular weight excluding hydrogens is 262 g/mol. The third-order valence-electron chi connectivity index (χ3n) is 6.77. The van der Waals surface area contributed by atoms with E-state index >= 15 is 0 Å². The van der Waals surface area contributed by atoms with Gasteiger partial charge in [-0.05, 0) is 90.1 Å². The van der Waals surface area contributed by atoms with Crippen molar-refractivity contribution in [1.82, 2.24) is 0 Å². The summed E-state index contributed by atoms with van der Waals surface area (Å²) >= 11 is 0. The Bertz CT molecular complexity index is 585. The van der Waals surface area contributed by atoms with Gasteiger partial charge in [0.05, 0.1) is 6.10 Å². The minimum atomic E-state index is -0.105. The van der Waals surface area contributed by atoms with Crippen molar-refractivity contribution in [2.45, 2.75) is 57.5 Å². The highest BCUT2D eigenvalue weighted by atomic mass is 16.3. The van der Waals surface area contributed by atoms with Crippen molar-refractivity contribution in [3.63, 3.8) is 0 Å². The van der Waals surface area contributed by atoms with E-state index < -0.39 is 0 Å². The van der Waals surface area contributed by atoms with Crippen molar-refractivity contribution < 1.29 is 5.11 Å². The van der Waals surface area contributed by atoms with Gasteiger partial charge in [-0.1, -0.05) is 13.0 Å². The summed E-state index contributed by atoms with van der Waals surface area (Å²) in [6.07, 6.45) is 6.62. The highest BCUT2D eigenvalue weighted by Gasteiger charge is 2.54. The number of hydrogen-bond donors (Lipinski definition) is 1. The van der Waals surface area contributed by atoms with Crippen LogP contribution < -0.4 is 0 Å². The van der Waals surface area contributed by atoms with Gasteiger partial charge in [0.1, 0.15) is 5.69 Å². The molecule has 3 nitrogen and oxygen atoms in total. The van der Waals surface area contributed by atoms with Gasteiger partial charge in [-0.3, -0.25) is 0 Å². The first-order valence-electron chi connectivity index (χ1n) is 8.28. The third-order valence-corrected chi connectivity index (χ3v) is 6.77. The van der Waals surface area contributed by atoms with Crippen molar-refractivity contribution in [3.8, 4) is 0 Å². The van der Waals surface area contributed by atoms with Gasteiger partial charge in [-0.25, -0.2) is 0 Å². The first-order valence-corrected chi connectivity index (χ1v) is 8.28. The molecule has 1 N–H and O–H groups in total. The predicted molar refractivity (Wildman–Crippen MR) is 82.5 cm³/mol. The molecular formula is C18H23NO2. The Morgan fingerprint density at radius 1 is 1.24 bits per heavy atom. The Morgan fingerprint density at radius 2 is 2.10 bits per heavy atom. The first kappa shape index (κ1) is 13.4. The Morgan fingerprint density at radius 3 is 2.90 bits per heavy atom. The zero-order valence-corrected chi connectivity index (χ0v) is 12.6. The normalized spacial score (nSPS) is 41.0. The molecule has 3 aliphatic rings. The molecule has 0 heterocycles. The maximum absolute atomic E-state index is 10.7. The molecule has 0 aromatic heterocycles. The largest absolute Gasteiger partial charge is 0.393 e. The molecule has 4 unspecified atom stereocenters. The second-order valence-corrected chi connectivity index (χ2v) is 7.53. The van der Waals surface area contributed by atoms with Gasteiger partial charge in [0.15, 0.2) is 0 Å². The van der Waals surface area contributed by atoms with Crippen LogP contribution in [0.3, 0.4) is 0 Å². The van der Waals surface area contributed by atoms with Crippen molar-refractivity contribution in [3.05, 3.63) is 34.2 Å². The topological polar surface area (TPSA) is 49.7 Å². The Hall–Kier alpha value is -1.22. The van der Waals surface area contributed by atoms with Crippen LogP contribution in [0.5, 0.6) is 0 Å². The fourth-order valence-electron chi connectivity index (χ4n) is 5.60. The quantitative estimate of drug-likeness (QED) is 0.782. The van der Waals surface area contributed by atoms with Crippen LogP contribution in [0, 0.1) is 22.2 Å². The van der Waals surface area contributed by atoms with Crippen molar-refractivity contribution >= 4 is 5.69 Å². The predicted octanol–water partition coefficient (Wildman–Crippen LogP) is 4.30. The van der Waals surface area contributed by atoms with Crippen LogP contribution in [-0.4, -0.2) is 11.2 Å². The van der Waals surface area contributed by atoms with E-state index in [1.165, 1.54) is 30.4 Å². The van der Waals surface area contributed by atoms with Gasteiger partial charge in [-0.15, -0.1) is 4.91 Å². The molecule has 5 atom stereocenters. The number of hydrogen-bond acceptors (Lipinski definition) is 3. The standard InChI is InChI=1S/C18H23NO2/c1-18-9-8-14-13-5-3-12(19-21)10-11(13)2-4-15(14)16(18)6-7-17(18)20/h3,5,10,14-17,20H,2,4,6-9H2,1H3/t14-,15?,16?,17?,18?/m1/s1. The summed E-state index contributed by atoms with van der Waals surface area (Å²) in [5.74, 6) is 2.00.